The highest BCUT2D eigenvalue weighted by atomic mass is 15.0. The Kier molecular flexibility index (Phi) is 6.67. The van der Waals surface area contributed by atoms with Gasteiger partial charge in [0.25, 0.3) is 0 Å². The molecule has 2 N–H and O–H groups in total. The molecular formula is C8H21BN2. The van der Waals surface area contributed by atoms with Gasteiger partial charge in [0, 0.05) is 6.04 Å². The minimum atomic E-state index is 0.346. The summed E-state index contributed by atoms with van der Waals surface area (Å²) in [5.74, 6) is 0. The first-order chi connectivity index (χ1) is 5.16. The summed E-state index contributed by atoms with van der Waals surface area (Å²) in [7, 11) is 2.16. The van der Waals surface area contributed by atoms with Gasteiger partial charge in [0.1, 0.15) is 0 Å². The number of nitrogens with two attached hydrogens (primary N) is 1. The summed E-state index contributed by atoms with van der Waals surface area (Å²) in [6, 6.07) is 0.346. The van der Waals surface area contributed by atoms with Crippen molar-refractivity contribution in [2.45, 2.75) is 39.2 Å². The van der Waals surface area contributed by atoms with Crippen molar-refractivity contribution in [1.82, 2.24) is 4.81 Å². The van der Waals surface area contributed by atoms with Crippen LogP contribution in [0.3, 0.4) is 0 Å². The molecular weight excluding hydrogens is 135 g/mol. The van der Waals surface area contributed by atoms with Crippen LogP contribution in [0.25, 0.3) is 0 Å². The monoisotopic (exact) mass is 156 g/mol. The molecule has 0 fully saturated rings. The van der Waals surface area contributed by atoms with E-state index in [4.69, 9.17) is 5.73 Å². The third-order valence-corrected chi connectivity index (χ3v) is 1.86. The fraction of sp³-hybridized carbons (Fsp3) is 1.00. The first-order valence-electron chi connectivity index (χ1n) is 4.61. The van der Waals surface area contributed by atoms with Gasteiger partial charge in [-0.15, -0.1) is 0 Å². The van der Waals surface area contributed by atoms with Gasteiger partial charge in [-0.1, -0.05) is 13.3 Å². The first kappa shape index (κ1) is 11.0. The smallest absolute Gasteiger partial charge is 0.185 e. The van der Waals surface area contributed by atoms with Crippen LogP contribution in [-0.4, -0.2) is 31.9 Å². The predicted molar refractivity (Wildman–Crippen MR) is 53.3 cm³/mol. The summed E-state index contributed by atoms with van der Waals surface area (Å²) < 4.78 is 0. The lowest BCUT2D eigenvalue weighted by atomic mass is 10.2. The SMILES string of the molecule is BN(CCCC)CCC(C)N. The van der Waals surface area contributed by atoms with E-state index in [2.05, 4.69) is 26.6 Å². The van der Waals surface area contributed by atoms with Crippen molar-refractivity contribution in [3.8, 4) is 0 Å². The summed E-state index contributed by atoms with van der Waals surface area (Å²) in [5, 5.41) is 0. The Morgan fingerprint density at radius 3 is 2.55 bits per heavy atom. The Morgan fingerprint density at radius 2 is 2.09 bits per heavy atom. The predicted octanol–water partition coefficient (Wildman–Crippen LogP) is 0.374. The number of hydrogen-bond donors (Lipinski definition) is 1. The van der Waals surface area contributed by atoms with Gasteiger partial charge in [0.05, 0.1) is 0 Å². The Morgan fingerprint density at radius 1 is 1.45 bits per heavy atom. The second-order valence-corrected chi connectivity index (χ2v) is 3.42. The van der Waals surface area contributed by atoms with E-state index in [1.165, 1.54) is 19.4 Å². The molecule has 0 aromatic heterocycles. The van der Waals surface area contributed by atoms with Crippen LogP contribution in [-0.2, 0) is 0 Å². The van der Waals surface area contributed by atoms with Gasteiger partial charge in [-0.05, 0) is 32.9 Å². The molecule has 0 saturated heterocycles. The lowest BCUT2D eigenvalue weighted by Gasteiger charge is -2.17. The number of hydrogen-bond acceptors (Lipinski definition) is 2. The highest BCUT2D eigenvalue weighted by Gasteiger charge is 1.98. The normalized spacial score (nSPS) is 13.8. The maximum atomic E-state index is 5.64. The Balaban J connectivity index is 3.15. The number of unbranched alkanes of at least 4 members (excludes halogenated alkanes) is 1. The summed E-state index contributed by atoms with van der Waals surface area (Å²) in [6.07, 6.45) is 3.69. The molecule has 0 heterocycles. The zero-order valence-electron chi connectivity index (χ0n) is 8.14. The standard InChI is InChI=1S/C8H21BN2/c1-3-4-6-11(9)7-5-8(2)10/h8H,3-7,9-10H2,1-2H3. The van der Waals surface area contributed by atoms with Gasteiger partial charge in [0.15, 0.2) is 7.98 Å². The van der Waals surface area contributed by atoms with Crippen molar-refractivity contribution >= 4 is 7.98 Å². The fourth-order valence-electron chi connectivity index (χ4n) is 0.964. The molecule has 0 aliphatic heterocycles. The van der Waals surface area contributed by atoms with E-state index in [9.17, 15) is 0 Å². The molecule has 0 saturated carbocycles. The van der Waals surface area contributed by atoms with E-state index in [-0.39, 0.29) is 0 Å². The van der Waals surface area contributed by atoms with Crippen molar-refractivity contribution in [3.63, 3.8) is 0 Å². The molecule has 66 valence electrons. The maximum absolute atomic E-state index is 5.64. The zero-order valence-corrected chi connectivity index (χ0v) is 8.14. The van der Waals surface area contributed by atoms with Crippen LogP contribution in [0.1, 0.15) is 33.1 Å². The van der Waals surface area contributed by atoms with Crippen LogP contribution < -0.4 is 5.73 Å². The average molecular weight is 156 g/mol. The lowest BCUT2D eigenvalue weighted by Crippen LogP contribution is -2.27. The van der Waals surface area contributed by atoms with Crippen molar-refractivity contribution in [1.29, 1.82) is 0 Å². The summed E-state index contributed by atoms with van der Waals surface area (Å²) in [4.78, 5) is 2.35. The number of nitrogens with zero attached hydrogens (tertiary/aromatic N) is 1. The van der Waals surface area contributed by atoms with Crippen LogP contribution in [0.15, 0.2) is 0 Å². The molecule has 1 atom stereocenters. The van der Waals surface area contributed by atoms with E-state index in [0.717, 1.165) is 13.0 Å². The molecule has 1 unspecified atom stereocenters. The molecule has 0 rings (SSSR count). The lowest BCUT2D eigenvalue weighted by molar-refractivity contribution is 0.416. The second-order valence-electron chi connectivity index (χ2n) is 3.42. The van der Waals surface area contributed by atoms with Crippen molar-refractivity contribution in [3.05, 3.63) is 0 Å². The first-order valence-corrected chi connectivity index (χ1v) is 4.61. The zero-order chi connectivity index (χ0) is 8.69. The Hall–Kier alpha value is -0.0151. The summed E-state index contributed by atoms with van der Waals surface area (Å²) >= 11 is 0. The fourth-order valence-corrected chi connectivity index (χ4v) is 0.964. The van der Waals surface area contributed by atoms with Crippen LogP contribution >= 0.6 is 0 Å². The highest BCUT2D eigenvalue weighted by molar-refractivity contribution is 6.04. The molecule has 0 aromatic carbocycles. The van der Waals surface area contributed by atoms with Crippen molar-refractivity contribution in [2.75, 3.05) is 13.1 Å². The molecule has 0 aliphatic rings. The van der Waals surface area contributed by atoms with Crippen molar-refractivity contribution < 1.29 is 0 Å². The third-order valence-electron chi connectivity index (χ3n) is 1.86. The highest BCUT2D eigenvalue weighted by Crippen LogP contribution is 1.94. The molecule has 0 spiro atoms. The quantitative estimate of drug-likeness (QED) is 0.563. The minimum Gasteiger partial charge on any atom is -0.349 e. The summed E-state index contributed by atoms with van der Waals surface area (Å²) in [6.45, 7) is 6.63. The second kappa shape index (κ2) is 6.68. The molecule has 3 heteroatoms. The van der Waals surface area contributed by atoms with Crippen molar-refractivity contribution in [2.24, 2.45) is 5.73 Å². The largest absolute Gasteiger partial charge is 0.349 e. The Labute approximate surface area is 71.6 Å². The summed E-state index contributed by atoms with van der Waals surface area (Å²) in [5.41, 5.74) is 5.64. The third kappa shape index (κ3) is 7.89. The van der Waals surface area contributed by atoms with Gasteiger partial charge >= 0.3 is 0 Å². The topological polar surface area (TPSA) is 29.3 Å². The van der Waals surface area contributed by atoms with E-state index in [1.54, 1.807) is 0 Å². The molecule has 0 aliphatic carbocycles. The van der Waals surface area contributed by atoms with E-state index in [1.807, 2.05) is 0 Å². The minimum absolute atomic E-state index is 0.346. The molecule has 0 aromatic rings. The maximum Gasteiger partial charge on any atom is 0.185 e. The van der Waals surface area contributed by atoms with E-state index >= 15 is 0 Å². The average Bonchev–Trinajstić information content (AvgIpc) is 1.97. The van der Waals surface area contributed by atoms with Gasteiger partial charge in [-0.2, -0.15) is 0 Å². The van der Waals surface area contributed by atoms with Gasteiger partial charge in [-0.3, -0.25) is 0 Å². The van der Waals surface area contributed by atoms with Gasteiger partial charge in [-0.25, -0.2) is 0 Å². The molecule has 0 bridgehead atoms. The van der Waals surface area contributed by atoms with Gasteiger partial charge < -0.3 is 10.5 Å². The molecule has 11 heavy (non-hydrogen) atoms. The van der Waals surface area contributed by atoms with Crippen LogP contribution in [0.4, 0.5) is 0 Å². The van der Waals surface area contributed by atoms with Crippen LogP contribution in [0, 0.1) is 0 Å². The number of rotatable bonds is 6. The molecule has 0 amide bonds. The van der Waals surface area contributed by atoms with Crippen LogP contribution in [0.5, 0.6) is 0 Å². The van der Waals surface area contributed by atoms with Crippen LogP contribution in [0.2, 0.25) is 0 Å². The molecule has 0 radical (unpaired) electrons. The Bertz CT molecular complexity index is 86.2. The molecule has 2 nitrogen and oxygen atoms in total. The van der Waals surface area contributed by atoms with E-state index in [0.29, 0.717) is 6.04 Å². The van der Waals surface area contributed by atoms with Gasteiger partial charge in [0.2, 0.25) is 0 Å². The van der Waals surface area contributed by atoms with E-state index < -0.39 is 0 Å².